The Kier molecular flexibility index (Phi) is 5.58. The van der Waals surface area contributed by atoms with Crippen LogP contribution in [-0.2, 0) is 14.3 Å². The van der Waals surface area contributed by atoms with Gasteiger partial charge in [0.05, 0.1) is 12.7 Å². The number of carbonyl (C=O) groups excluding carboxylic acids is 2. The van der Waals surface area contributed by atoms with Crippen molar-refractivity contribution in [3.8, 4) is 0 Å². The summed E-state index contributed by atoms with van der Waals surface area (Å²) in [5.74, 6) is 0.290. The smallest absolute Gasteiger partial charge is 0.242 e. The summed E-state index contributed by atoms with van der Waals surface area (Å²) in [7, 11) is 0. The van der Waals surface area contributed by atoms with Crippen LogP contribution >= 0.6 is 0 Å². The first-order valence-electron chi connectivity index (χ1n) is 7.93. The maximum atomic E-state index is 12.6. The molecule has 0 bridgehead atoms. The van der Waals surface area contributed by atoms with Gasteiger partial charge in [0.15, 0.2) is 0 Å². The van der Waals surface area contributed by atoms with Gasteiger partial charge < -0.3 is 19.9 Å². The Morgan fingerprint density at radius 3 is 2.48 bits per heavy atom. The molecule has 2 fully saturated rings. The maximum Gasteiger partial charge on any atom is 0.242 e. The standard InChI is InChI=1S/C15H27N3O3/c1-11(2)14(19)17-6-4-7-18(9-8-17)15(20)13-12(3)21-10-5-16-13/h11-13,16H,4-10H2,1-3H3/t12-,13+/m1/s1. The fourth-order valence-corrected chi connectivity index (χ4v) is 2.93. The highest BCUT2D eigenvalue weighted by Gasteiger charge is 2.33. The molecule has 2 atom stereocenters. The van der Waals surface area contributed by atoms with Crippen LogP contribution in [0.1, 0.15) is 27.2 Å². The number of rotatable bonds is 2. The molecule has 2 heterocycles. The third-order valence-corrected chi connectivity index (χ3v) is 4.20. The summed E-state index contributed by atoms with van der Waals surface area (Å²) < 4.78 is 5.55. The van der Waals surface area contributed by atoms with Crippen molar-refractivity contribution in [2.75, 3.05) is 39.3 Å². The molecule has 2 rings (SSSR count). The van der Waals surface area contributed by atoms with Crippen LogP contribution in [0.5, 0.6) is 0 Å². The molecule has 2 amide bonds. The van der Waals surface area contributed by atoms with Crippen LogP contribution in [0.3, 0.4) is 0 Å². The summed E-state index contributed by atoms with van der Waals surface area (Å²) in [4.78, 5) is 28.4. The molecule has 0 aromatic carbocycles. The number of hydrogen-bond acceptors (Lipinski definition) is 4. The number of morpholine rings is 1. The molecule has 0 aromatic heterocycles. The Labute approximate surface area is 126 Å². The maximum absolute atomic E-state index is 12.6. The van der Waals surface area contributed by atoms with E-state index < -0.39 is 0 Å². The quantitative estimate of drug-likeness (QED) is 0.784. The molecule has 6 nitrogen and oxygen atoms in total. The number of nitrogens with one attached hydrogen (secondary N) is 1. The lowest BCUT2D eigenvalue weighted by Crippen LogP contribution is -2.57. The number of nitrogens with zero attached hydrogens (tertiary/aromatic N) is 2. The van der Waals surface area contributed by atoms with Gasteiger partial charge in [-0.1, -0.05) is 13.8 Å². The summed E-state index contributed by atoms with van der Waals surface area (Å²) in [6.45, 7) is 9.83. The minimum atomic E-state index is -0.258. The van der Waals surface area contributed by atoms with E-state index >= 15 is 0 Å². The van der Waals surface area contributed by atoms with Crippen LogP contribution in [-0.4, -0.2) is 73.1 Å². The van der Waals surface area contributed by atoms with Crippen molar-refractivity contribution >= 4 is 11.8 Å². The molecule has 0 unspecified atom stereocenters. The minimum Gasteiger partial charge on any atom is -0.375 e. The first-order chi connectivity index (χ1) is 10.0. The Hall–Kier alpha value is -1.14. The molecule has 0 saturated carbocycles. The predicted molar refractivity (Wildman–Crippen MR) is 79.8 cm³/mol. The SMILES string of the molecule is CC(C)C(=O)N1CCCN(C(=O)[C@H]2NCCO[C@@H]2C)CC1. The van der Waals surface area contributed by atoms with E-state index in [0.717, 1.165) is 13.0 Å². The molecule has 1 N–H and O–H groups in total. The van der Waals surface area contributed by atoms with E-state index in [2.05, 4.69) is 5.32 Å². The predicted octanol–water partition coefficient (Wildman–Crippen LogP) is 0.0802. The van der Waals surface area contributed by atoms with Crippen LogP contribution < -0.4 is 5.32 Å². The molecule has 6 heteroatoms. The fourth-order valence-electron chi connectivity index (χ4n) is 2.93. The molecule has 2 saturated heterocycles. The minimum absolute atomic E-state index is 0.0145. The zero-order valence-electron chi connectivity index (χ0n) is 13.3. The largest absolute Gasteiger partial charge is 0.375 e. The van der Waals surface area contributed by atoms with E-state index in [9.17, 15) is 9.59 Å². The average molecular weight is 297 g/mol. The Bertz CT molecular complexity index is 386. The average Bonchev–Trinajstić information content (AvgIpc) is 2.72. The topological polar surface area (TPSA) is 61.9 Å². The zero-order chi connectivity index (χ0) is 15.4. The van der Waals surface area contributed by atoms with Gasteiger partial charge in [-0.05, 0) is 13.3 Å². The molecule has 0 radical (unpaired) electrons. The van der Waals surface area contributed by atoms with Crippen LogP contribution in [0.4, 0.5) is 0 Å². The second kappa shape index (κ2) is 7.22. The van der Waals surface area contributed by atoms with Crippen molar-refractivity contribution in [3.05, 3.63) is 0 Å². The highest BCUT2D eigenvalue weighted by molar-refractivity contribution is 5.83. The highest BCUT2D eigenvalue weighted by Crippen LogP contribution is 2.12. The van der Waals surface area contributed by atoms with E-state index in [1.165, 1.54) is 0 Å². The Morgan fingerprint density at radius 1 is 1.14 bits per heavy atom. The zero-order valence-corrected chi connectivity index (χ0v) is 13.3. The second-order valence-electron chi connectivity index (χ2n) is 6.17. The third kappa shape index (κ3) is 3.95. The van der Waals surface area contributed by atoms with Crippen molar-refractivity contribution in [1.82, 2.24) is 15.1 Å². The Balaban J connectivity index is 1.93. The van der Waals surface area contributed by atoms with E-state index in [1.807, 2.05) is 30.6 Å². The highest BCUT2D eigenvalue weighted by atomic mass is 16.5. The van der Waals surface area contributed by atoms with E-state index in [1.54, 1.807) is 0 Å². The van der Waals surface area contributed by atoms with Crippen LogP contribution in [0.15, 0.2) is 0 Å². The lowest BCUT2D eigenvalue weighted by Gasteiger charge is -2.33. The molecule has 21 heavy (non-hydrogen) atoms. The van der Waals surface area contributed by atoms with Gasteiger partial charge in [0, 0.05) is 38.6 Å². The molecular weight excluding hydrogens is 270 g/mol. The first-order valence-corrected chi connectivity index (χ1v) is 7.93. The molecule has 0 spiro atoms. The molecule has 0 aliphatic carbocycles. The number of amides is 2. The van der Waals surface area contributed by atoms with Crippen LogP contribution in [0, 0.1) is 5.92 Å². The van der Waals surface area contributed by atoms with E-state index in [0.29, 0.717) is 32.8 Å². The number of carbonyl (C=O) groups is 2. The first kappa shape index (κ1) is 16.2. The van der Waals surface area contributed by atoms with Gasteiger partial charge in [0.25, 0.3) is 0 Å². The summed E-state index contributed by atoms with van der Waals surface area (Å²) in [6.07, 6.45) is 0.745. The van der Waals surface area contributed by atoms with Crippen molar-refractivity contribution < 1.29 is 14.3 Å². The summed E-state index contributed by atoms with van der Waals surface area (Å²) >= 11 is 0. The third-order valence-electron chi connectivity index (χ3n) is 4.20. The number of ether oxygens (including phenoxy) is 1. The number of hydrogen-bond donors (Lipinski definition) is 1. The summed E-state index contributed by atoms with van der Waals surface area (Å²) in [5.41, 5.74) is 0. The lowest BCUT2D eigenvalue weighted by molar-refractivity contribution is -0.140. The van der Waals surface area contributed by atoms with Gasteiger partial charge in [-0.25, -0.2) is 0 Å². The summed E-state index contributed by atoms with van der Waals surface area (Å²) in [5, 5.41) is 3.24. The van der Waals surface area contributed by atoms with Gasteiger partial charge in [-0.2, -0.15) is 0 Å². The van der Waals surface area contributed by atoms with E-state index in [-0.39, 0.29) is 29.9 Å². The summed E-state index contributed by atoms with van der Waals surface area (Å²) in [6, 6.07) is -0.258. The second-order valence-corrected chi connectivity index (χ2v) is 6.17. The Morgan fingerprint density at radius 2 is 1.81 bits per heavy atom. The van der Waals surface area contributed by atoms with Gasteiger partial charge in [0.2, 0.25) is 11.8 Å². The molecule has 2 aliphatic rings. The van der Waals surface area contributed by atoms with Gasteiger partial charge in [-0.3, -0.25) is 9.59 Å². The van der Waals surface area contributed by atoms with E-state index in [4.69, 9.17) is 4.74 Å². The lowest BCUT2D eigenvalue weighted by atomic mass is 10.1. The van der Waals surface area contributed by atoms with Gasteiger partial charge in [0.1, 0.15) is 6.04 Å². The van der Waals surface area contributed by atoms with Gasteiger partial charge in [-0.15, -0.1) is 0 Å². The van der Waals surface area contributed by atoms with Crippen molar-refractivity contribution in [3.63, 3.8) is 0 Å². The molecule has 2 aliphatic heterocycles. The fraction of sp³-hybridized carbons (Fsp3) is 0.867. The van der Waals surface area contributed by atoms with Crippen molar-refractivity contribution in [2.24, 2.45) is 5.92 Å². The normalized spacial score (nSPS) is 27.6. The molecular formula is C15H27N3O3. The van der Waals surface area contributed by atoms with Crippen LogP contribution in [0.2, 0.25) is 0 Å². The van der Waals surface area contributed by atoms with Crippen molar-refractivity contribution in [2.45, 2.75) is 39.3 Å². The van der Waals surface area contributed by atoms with Gasteiger partial charge >= 0.3 is 0 Å². The monoisotopic (exact) mass is 297 g/mol. The van der Waals surface area contributed by atoms with Crippen molar-refractivity contribution in [1.29, 1.82) is 0 Å². The molecule has 120 valence electrons. The van der Waals surface area contributed by atoms with Crippen LogP contribution in [0.25, 0.3) is 0 Å². The molecule has 0 aromatic rings.